The molecule has 0 amide bonds. The number of hydrogen-bond acceptors (Lipinski definition) is 5. The van der Waals surface area contributed by atoms with E-state index in [9.17, 15) is 4.79 Å². The molecule has 0 aromatic heterocycles. The summed E-state index contributed by atoms with van der Waals surface area (Å²) >= 11 is 0. The summed E-state index contributed by atoms with van der Waals surface area (Å²) in [5.41, 5.74) is 2.57. The van der Waals surface area contributed by atoms with Gasteiger partial charge >= 0.3 is 5.97 Å². The van der Waals surface area contributed by atoms with Crippen LogP contribution in [0.1, 0.15) is 24.5 Å². The van der Waals surface area contributed by atoms with Gasteiger partial charge in [0, 0.05) is 18.3 Å². The molecule has 2 aromatic carbocycles. The maximum absolute atomic E-state index is 11.3. The molecule has 0 saturated heterocycles. The Morgan fingerprint density at radius 3 is 2.54 bits per heavy atom. The predicted molar refractivity (Wildman–Crippen MR) is 102 cm³/mol. The van der Waals surface area contributed by atoms with E-state index >= 15 is 0 Å². The lowest BCUT2D eigenvalue weighted by atomic mass is 10.2. The number of nitriles is 1. The second kappa shape index (κ2) is 10.6. The highest BCUT2D eigenvalue weighted by molar-refractivity contribution is 5.87. The average molecular weight is 350 g/mol. The van der Waals surface area contributed by atoms with E-state index in [1.165, 1.54) is 6.08 Å². The first kappa shape index (κ1) is 19.1. The second-order valence-corrected chi connectivity index (χ2v) is 5.47. The molecule has 0 atom stereocenters. The molecule has 0 spiro atoms. The molecule has 0 aliphatic heterocycles. The highest BCUT2D eigenvalue weighted by Gasteiger charge is 1.97. The van der Waals surface area contributed by atoms with Gasteiger partial charge in [0.2, 0.25) is 0 Å². The van der Waals surface area contributed by atoms with Crippen LogP contribution in [0.25, 0.3) is 6.08 Å². The Balaban J connectivity index is 1.67. The van der Waals surface area contributed by atoms with Crippen molar-refractivity contribution < 1.29 is 14.3 Å². The van der Waals surface area contributed by atoms with Gasteiger partial charge < -0.3 is 14.8 Å². The van der Waals surface area contributed by atoms with Crippen molar-refractivity contribution in [2.24, 2.45) is 0 Å². The first-order valence-corrected chi connectivity index (χ1v) is 8.53. The molecule has 0 radical (unpaired) electrons. The van der Waals surface area contributed by atoms with Gasteiger partial charge in [0.25, 0.3) is 0 Å². The van der Waals surface area contributed by atoms with Crippen LogP contribution in [0.15, 0.2) is 54.6 Å². The van der Waals surface area contributed by atoms with E-state index in [0.717, 1.165) is 30.0 Å². The summed E-state index contributed by atoms with van der Waals surface area (Å²) in [6.07, 6.45) is 4.00. The Bertz CT molecular complexity index is 759. The van der Waals surface area contributed by atoms with Crippen LogP contribution >= 0.6 is 0 Å². The number of benzene rings is 2. The minimum absolute atomic E-state index is 0.336. The Kier molecular flexibility index (Phi) is 7.75. The maximum atomic E-state index is 11.3. The van der Waals surface area contributed by atoms with Crippen LogP contribution in [0, 0.1) is 11.3 Å². The van der Waals surface area contributed by atoms with Gasteiger partial charge in [-0.2, -0.15) is 5.26 Å². The SMILES string of the molecule is CCOC(=O)/C=C/c1ccc(NCCCOc2ccc(C#N)cc2)cc1. The number of carbonyl (C=O) groups is 1. The van der Waals surface area contributed by atoms with Crippen molar-refractivity contribution in [2.45, 2.75) is 13.3 Å². The summed E-state index contributed by atoms with van der Waals surface area (Å²) in [6.45, 7) is 3.54. The van der Waals surface area contributed by atoms with Crippen LogP contribution in [0.3, 0.4) is 0 Å². The molecule has 0 aliphatic rings. The number of ether oxygens (including phenoxy) is 2. The molecule has 0 fully saturated rings. The topological polar surface area (TPSA) is 71.3 Å². The van der Waals surface area contributed by atoms with Crippen molar-refractivity contribution in [1.29, 1.82) is 5.26 Å². The molecular formula is C21H22N2O3. The maximum Gasteiger partial charge on any atom is 0.330 e. The fraction of sp³-hybridized carbons (Fsp3) is 0.238. The van der Waals surface area contributed by atoms with Gasteiger partial charge in [0.05, 0.1) is 24.8 Å². The van der Waals surface area contributed by atoms with Crippen molar-refractivity contribution in [1.82, 2.24) is 0 Å². The molecule has 5 nitrogen and oxygen atoms in total. The number of carbonyl (C=O) groups excluding carboxylic acids is 1. The minimum Gasteiger partial charge on any atom is -0.494 e. The third-order valence-electron chi connectivity index (χ3n) is 3.51. The van der Waals surface area contributed by atoms with Crippen LogP contribution in [0.4, 0.5) is 5.69 Å². The van der Waals surface area contributed by atoms with Crippen molar-refractivity contribution in [2.75, 3.05) is 25.1 Å². The van der Waals surface area contributed by atoms with Crippen molar-refractivity contribution in [3.8, 4) is 11.8 Å². The number of rotatable bonds is 9. The average Bonchev–Trinajstić information content (AvgIpc) is 2.68. The zero-order valence-electron chi connectivity index (χ0n) is 14.8. The smallest absolute Gasteiger partial charge is 0.330 e. The summed E-state index contributed by atoms with van der Waals surface area (Å²) in [5, 5.41) is 12.1. The standard InChI is InChI=1S/C21H22N2O3/c1-2-25-21(24)13-8-17-4-9-19(10-5-17)23-14-3-15-26-20-11-6-18(16-22)7-12-20/h4-13,23H,2-3,14-15H2,1H3/b13-8+. The van der Waals surface area contributed by atoms with Crippen molar-refractivity contribution in [3.05, 3.63) is 65.7 Å². The van der Waals surface area contributed by atoms with E-state index in [1.807, 2.05) is 24.3 Å². The van der Waals surface area contributed by atoms with Crippen LogP contribution in [0.2, 0.25) is 0 Å². The molecule has 1 N–H and O–H groups in total. The quantitative estimate of drug-likeness (QED) is 0.420. The zero-order valence-corrected chi connectivity index (χ0v) is 14.8. The van der Waals surface area contributed by atoms with Gasteiger partial charge in [0.15, 0.2) is 0 Å². The van der Waals surface area contributed by atoms with Gasteiger partial charge in [0.1, 0.15) is 5.75 Å². The van der Waals surface area contributed by atoms with Gasteiger partial charge in [-0.1, -0.05) is 12.1 Å². The Labute approximate surface area is 153 Å². The van der Waals surface area contributed by atoms with E-state index in [1.54, 1.807) is 37.3 Å². The van der Waals surface area contributed by atoms with E-state index in [0.29, 0.717) is 18.8 Å². The van der Waals surface area contributed by atoms with Crippen molar-refractivity contribution >= 4 is 17.7 Å². The van der Waals surface area contributed by atoms with Gasteiger partial charge in [-0.3, -0.25) is 0 Å². The lowest BCUT2D eigenvalue weighted by Gasteiger charge is -2.08. The normalized spacial score (nSPS) is 10.3. The first-order valence-electron chi connectivity index (χ1n) is 8.53. The molecule has 134 valence electrons. The Morgan fingerprint density at radius 1 is 1.15 bits per heavy atom. The number of hydrogen-bond donors (Lipinski definition) is 1. The summed E-state index contributed by atoms with van der Waals surface area (Å²) < 4.78 is 10.5. The summed E-state index contributed by atoms with van der Waals surface area (Å²) in [4.78, 5) is 11.3. The summed E-state index contributed by atoms with van der Waals surface area (Å²) in [7, 11) is 0. The lowest BCUT2D eigenvalue weighted by molar-refractivity contribution is -0.137. The Hall–Kier alpha value is -3.26. The molecule has 0 aliphatic carbocycles. The van der Waals surface area contributed by atoms with E-state index in [-0.39, 0.29) is 5.97 Å². The second-order valence-electron chi connectivity index (χ2n) is 5.47. The molecule has 26 heavy (non-hydrogen) atoms. The minimum atomic E-state index is -0.336. The molecule has 0 unspecified atom stereocenters. The highest BCUT2D eigenvalue weighted by atomic mass is 16.5. The number of anilines is 1. The van der Waals surface area contributed by atoms with Gasteiger partial charge in [-0.25, -0.2) is 4.79 Å². The lowest BCUT2D eigenvalue weighted by Crippen LogP contribution is -2.07. The predicted octanol–water partition coefficient (Wildman–Crippen LogP) is 4.02. The largest absolute Gasteiger partial charge is 0.494 e. The first-order chi connectivity index (χ1) is 12.7. The van der Waals surface area contributed by atoms with Crippen LogP contribution < -0.4 is 10.1 Å². The third-order valence-corrected chi connectivity index (χ3v) is 3.51. The zero-order chi connectivity index (χ0) is 18.6. The number of nitrogens with one attached hydrogen (secondary N) is 1. The van der Waals surface area contributed by atoms with E-state index in [2.05, 4.69) is 11.4 Å². The molecular weight excluding hydrogens is 328 g/mol. The van der Waals surface area contributed by atoms with Crippen LogP contribution in [-0.4, -0.2) is 25.7 Å². The summed E-state index contributed by atoms with van der Waals surface area (Å²) in [6, 6.07) is 17.0. The van der Waals surface area contributed by atoms with E-state index in [4.69, 9.17) is 14.7 Å². The fourth-order valence-electron chi connectivity index (χ4n) is 2.19. The molecule has 0 bridgehead atoms. The molecule has 2 aromatic rings. The monoisotopic (exact) mass is 350 g/mol. The number of nitrogens with zero attached hydrogens (tertiary/aromatic N) is 1. The van der Waals surface area contributed by atoms with Crippen LogP contribution in [-0.2, 0) is 9.53 Å². The van der Waals surface area contributed by atoms with Crippen LogP contribution in [0.5, 0.6) is 5.75 Å². The van der Waals surface area contributed by atoms with Crippen molar-refractivity contribution in [3.63, 3.8) is 0 Å². The van der Waals surface area contributed by atoms with E-state index < -0.39 is 0 Å². The molecule has 2 rings (SSSR count). The highest BCUT2D eigenvalue weighted by Crippen LogP contribution is 2.13. The number of esters is 1. The van der Waals surface area contributed by atoms with Gasteiger partial charge in [-0.05, 0) is 61.4 Å². The third kappa shape index (κ3) is 6.70. The fourth-order valence-corrected chi connectivity index (χ4v) is 2.19. The molecule has 0 heterocycles. The summed E-state index contributed by atoms with van der Waals surface area (Å²) in [5.74, 6) is 0.429. The van der Waals surface area contributed by atoms with Gasteiger partial charge in [-0.15, -0.1) is 0 Å². The molecule has 0 saturated carbocycles. The molecule has 5 heteroatoms. The Morgan fingerprint density at radius 2 is 1.88 bits per heavy atom.